The van der Waals surface area contributed by atoms with E-state index < -0.39 is 5.60 Å². The Bertz CT molecular complexity index is 550. The van der Waals surface area contributed by atoms with Gasteiger partial charge >= 0.3 is 0 Å². The van der Waals surface area contributed by atoms with Crippen LogP contribution >= 0.6 is 0 Å². The molecular formula is C16H24N2O3. The van der Waals surface area contributed by atoms with E-state index in [-0.39, 0.29) is 11.3 Å². The van der Waals surface area contributed by atoms with Crippen molar-refractivity contribution in [2.75, 3.05) is 6.54 Å². The van der Waals surface area contributed by atoms with Crippen molar-refractivity contribution in [3.63, 3.8) is 0 Å². The smallest absolute Gasteiger partial charge is 0.254 e. The van der Waals surface area contributed by atoms with Gasteiger partial charge in [0.2, 0.25) is 0 Å². The van der Waals surface area contributed by atoms with Gasteiger partial charge in [0, 0.05) is 18.4 Å². The van der Waals surface area contributed by atoms with Crippen LogP contribution in [0.1, 0.15) is 63.8 Å². The van der Waals surface area contributed by atoms with Gasteiger partial charge in [0.25, 0.3) is 5.91 Å². The van der Waals surface area contributed by atoms with E-state index in [0.717, 1.165) is 30.2 Å². The van der Waals surface area contributed by atoms with E-state index in [0.29, 0.717) is 32.4 Å². The second-order valence-corrected chi connectivity index (χ2v) is 7.35. The quantitative estimate of drug-likeness (QED) is 0.861. The van der Waals surface area contributed by atoms with Gasteiger partial charge in [-0.25, -0.2) is 4.98 Å². The number of rotatable bonds is 1. The van der Waals surface area contributed by atoms with E-state index in [9.17, 15) is 9.90 Å². The summed E-state index contributed by atoms with van der Waals surface area (Å²) in [5.74, 6) is 1.48. The van der Waals surface area contributed by atoms with Crippen LogP contribution in [0.2, 0.25) is 0 Å². The van der Waals surface area contributed by atoms with Crippen molar-refractivity contribution in [3.8, 4) is 0 Å². The zero-order valence-electron chi connectivity index (χ0n) is 13.1. The molecule has 2 aliphatic rings. The second kappa shape index (κ2) is 4.83. The maximum Gasteiger partial charge on any atom is 0.254 e. The van der Waals surface area contributed by atoms with Crippen LogP contribution in [0.15, 0.2) is 4.42 Å². The van der Waals surface area contributed by atoms with Crippen molar-refractivity contribution in [3.05, 3.63) is 17.3 Å². The third-order valence-electron chi connectivity index (χ3n) is 4.49. The molecule has 5 heteroatoms. The van der Waals surface area contributed by atoms with Crippen molar-refractivity contribution in [1.82, 2.24) is 9.88 Å². The first-order valence-electron chi connectivity index (χ1n) is 7.80. The molecule has 1 N–H and O–H groups in total. The lowest BCUT2D eigenvalue weighted by Crippen LogP contribution is -2.49. The molecule has 0 radical (unpaired) electrons. The highest BCUT2D eigenvalue weighted by Crippen LogP contribution is 2.33. The normalized spacial score (nSPS) is 21.4. The van der Waals surface area contributed by atoms with Gasteiger partial charge in [0.1, 0.15) is 17.1 Å². The number of fused-ring (bicyclic) bond motifs is 1. The SMILES string of the molecule is CC(C)(C)c1nc2c(o1)CCN(C(=O)C1(O)CCCC1)C2. The fourth-order valence-corrected chi connectivity index (χ4v) is 3.16. The van der Waals surface area contributed by atoms with Crippen molar-refractivity contribution in [1.29, 1.82) is 0 Å². The molecule has 5 nitrogen and oxygen atoms in total. The van der Waals surface area contributed by atoms with E-state index in [1.165, 1.54) is 0 Å². The second-order valence-electron chi connectivity index (χ2n) is 7.35. The molecule has 116 valence electrons. The summed E-state index contributed by atoms with van der Waals surface area (Å²) in [6.45, 7) is 7.25. The maximum absolute atomic E-state index is 12.6. The summed E-state index contributed by atoms with van der Waals surface area (Å²) < 4.78 is 5.84. The lowest BCUT2D eigenvalue weighted by Gasteiger charge is -2.32. The Hall–Kier alpha value is -1.36. The van der Waals surface area contributed by atoms with Gasteiger partial charge in [-0.2, -0.15) is 0 Å². The number of aliphatic hydroxyl groups is 1. The van der Waals surface area contributed by atoms with E-state index >= 15 is 0 Å². The summed E-state index contributed by atoms with van der Waals surface area (Å²) >= 11 is 0. The average Bonchev–Trinajstić information content (AvgIpc) is 3.03. The highest BCUT2D eigenvalue weighted by atomic mass is 16.4. The van der Waals surface area contributed by atoms with Gasteiger partial charge in [-0.15, -0.1) is 0 Å². The number of nitrogens with zero attached hydrogens (tertiary/aromatic N) is 2. The molecule has 1 amide bonds. The molecule has 0 atom stereocenters. The summed E-state index contributed by atoms with van der Waals surface area (Å²) in [7, 11) is 0. The fraction of sp³-hybridized carbons (Fsp3) is 0.750. The minimum Gasteiger partial charge on any atom is -0.445 e. The third-order valence-corrected chi connectivity index (χ3v) is 4.49. The van der Waals surface area contributed by atoms with Crippen LogP contribution < -0.4 is 0 Å². The van der Waals surface area contributed by atoms with Gasteiger partial charge in [-0.3, -0.25) is 4.79 Å². The lowest BCUT2D eigenvalue weighted by atomic mass is 9.97. The van der Waals surface area contributed by atoms with Crippen molar-refractivity contribution >= 4 is 5.91 Å². The molecule has 1 saturated carbocycles. The van der Waals surface area contributed by atoms with Gasteiger partial charge in [-0.1, -0.05) is 20.8 Å². The van der Waals surface area contributed by atoms with Crippen LogP contribution in [0, 0.1) is 0 Å². The number of oxazole rings is 1. The molecule has 1 fully saturated rings. The van der Waals surface area contributed by atoms with Crippen molar-refractivity contribution in [2.24, 2.45) is 0 Å². The standard InChI is InChI=1S/C16H24N2O3/c1-15(2,3)13-17-11-10-18(9-6-12(11)21-13)14(19)16(20)7-4-5-8-16/h20H,4-10H2,1-3H3. The predicted molar refractivity (Wildman–Crippen MR) is 77.7 cm³/mol. The Morgan fingerprint density at radius 2 is 2.00 bits per heavy atom. The van der Waals surface area contributed by atoms with E-state index in [1.807, 2.05) is 0 Å². The number of amides is 1. The predicted octanol–water partition coefficient (Wildman–Crippen LogP) is 2.16. The molecule has 0 bridgehead atoms. The van der Waals surface area contributed by atoms with Gasteiger partial charge in [0.05, 0.1) is 6.54 Å². The summed E-state index contributed by atoms with van der Waals surface area (Å²) in [4.78, 5) is 18.9. The van der Waals surface area contributed by atoms with Crippen LogP contribution in [0.4, 0.5) is 0 Å². The van der Waals surface area contributed by atoms with E-state index in [2.05, 4.69) is 25.8 Å². The van der Waals surface area contributed by atoms with Gasteiger partial charge < -0.3 is 14.4 Å². The molecule has 0 unspecified atom stereocenters. The maximum atomic E-state index is 12.6. The minimum absolute atomic E-state index is 0.129. The molecule has 3 rings (SSSR count). The Balaban J connectivity index is 1.78. The first-order chi connectivity index (χ1) is 9.79. The monoisotopic (exact) mass is 292 g/mol. The third kappa shape index (κ3) is 2.59. The molecule has 0 saturated heterocycles. The van der Waals surface area contributed by atoms with Crippen LogP contribution in [-0.4, -0.2) is 33.0 Å². The number of aromatic nitrogens is 1. The molecule has 2 heterocycles. The fourth-order valence-electron chi connectivity index (χ4n) is 3.16. The lowest BCUT2D eigenvalue weighted by molar-refractivity contribution is -0.151. The highest BCUT2D eigenvalue weighted by molar-refractivity contribution is 5.85. The molecule has 1 aliphatic carbocycles. The van der Waals surface area contributed by atoms with Gasteiger partial charge in [-0.05, 0) is 25.7 Å². The summed E-state index contributed by atoms with van der Waals surface area (Å²) in [5, 5.41) is 10.5. The highest BCUT2D eigenvalue weighted by Gasteiger charge is 2.42. The Morgan fingerprint density at radius 1 is 1.33 bits per heavy atom. The molecular weight excluding hydrogens is 268 g/mol. The van der Waals surface area contributed by atoms with E-state index in [4.69, 9.17) is 4.42 Å². The van der Waals surface area contributed by atoms with E-state index in [1.54, 1.807) is 4.90 Å². The first-order valence-corrected chi connectivity index (χ1v) is 7.80. The Morgan fingerprint density at radius 3 is 2.62 bits per heavy atom. The van der Waals surface area contributed by atoms with Crippen molar-refractivity contribution in [2.45, 2.75) is 70.4 Å². The summed E-state index contributed by atoms with van der Waals surface area (Å²) in [5.41, 5.74) is -0.426. The number of hydrogen-bond donors (Lipinski definition) is 1. The Labute approximate surface area is 125 Å². The number of carbonyl (C=O) groups is 1. The van der Waals surface area contributed by atoms with Crippen LogP contribution in [-0.2, 0) is 23.2 Å². The first kappa shape index (κ1) is 14.6. The Kier molecular flexibility index (Phi) is 3.35. The zero-order valence-corrected chi connectivity index (χ0v) is 13.1. The topological polar surface area (TPSA) is 66.6 Å². The number of carbonyl (C=O) groups excluding carboxylic acids is 1. The average molecular weight is 292 g/mol. The summed E-state index contributed by atoms with van der Waals surface area (Å²) in [6, 6.07) is 0. The van der Waals surface area contributed by atoms with Crippen LogP contribution in [0.3, 0.4) is 0 Å². The van der Waals surface area contributed by atoms with Crippen LogP contribution in [0.25, 0.3) is 0 Å². The zero-order chi connectivity index (χ0) is 15.3. The molecule has 0 aromatic carbocycles. The molecule has 1 aromatic rings. The minimum atomic E-state index is -1.14. The number of hydrogen-bond acceptors (Lipinski definition) is 4. The molecule has 1 aliphatic heterocycles. The molecule has 21 heavy (non-hydrogen) atoms. The molecule has 1 aromatic heterocycles. The van der Waals surface area contributed by atoms with Crippen LogP contribution in [0.5, 0.6) is 0 Å². The largest absolute Gasteiger partial charge is 0.445 e. The molecule has 0 spiro atoms. The van der Waals surface area contributed by atoms with Crippen molar-refractivity contribution < 1.29 is 14.3 Å². The summed E-state index contributed by atoms with van der Waals surface area (Å²) in [6.07, 6.45) is 3.71. The van der Waals surface area contributed by atoms with Gasteiger partial charge in [0.15, 0.2) is 5.89 Å².